The lowest BCUT2D eigenvalue weighted by molar-refractivity contribution is -0.147. The molecular formula is C21H34N2O2. The van der Waals surface area contributed by atoms with Crippen LogP contribution in [0.3, 0.4) is 0 Å². The van der Waals surface area contributed by atoms with Gasteiger partial charge in [0.1, 0.15) is 0 Å². The molecule has 0 amide bonds. The van der Waals surface area contributed by atoms with Gasteiger partial charge in [-0.2, -0.15) is 0 Å². The third-order valence-corrected chi connectivity index (χ3v) is 5.85. The highest BCUT2D eigenvalue weighted by molar-refractivity contribution is 5.72. The summed E-state index contributed by atoms with van der Waals surface area (Å²) in [5.74, 6) is 0.630. The Bertz CT molecular complexity index is 532. The first-order valence-electron chi connectivity index (χ1n) is 9.66. The average Bonchev–Trinajstić information content (AvgIpc) is 2.58. The molecule has 0 spiro atoms. The zero-order chi connectivity index (χ0) is 18.4. The summed E-state index contributed by atoms with van der Waals surface area (Å²) in [5.41, 5.74) is 6.74. The van der Waals surface area contributed by atoms with Crippen LogP contribution in [-0.2, 0) is 4.79 Å². The van der Waals surface area contributed by atoms with Gasteiger partial charge in [-0.25, -0.2) is 0 Å². The molecule has 1 aliphatic carbocycles. The van der Waals surface area contributed by atoms with Gasteiger partial charge in [0, 0.05) is 19.1 Å². The lowest BCUT2D eigenvalue weighted by Gasteiger charge is -2.43. The molecule has 0 aliphatic heterocycles. The van der Waals surface area contributed by atoms with E-state index in [0.717, 1.165) is 18.4 Å². The number of nitrogens with one attached hydrogen (secondary N) is 1. The number of nitrogens with two attached hydrogens (primary N) is 1. The van der Waals surface area contributed by atoms with Gasteiger partial charge in [0.2, 0.25) is 0 Å². The van der Waals surface area contributed by atoms with Crippen molar-refractivity contribution < 1.29 is 9.90 Å². The van der Waals surface area contributed by atoms with Crippen LogP contribution in [0.2, 0.25) is 0 Å². The van der Waals surface area contributed by atoms with Crippen LogP contribution in [0.25, 0.3) is 0 Å². The first-order valence-corrected chi connectivity index (χ1v) is 9.66. The second-order valence-corrected chi connectivity index (χ2v) is 7.99. The molecular weight excluding hydrogens is 312 g/mol. The molecule has 0 radical (unpaired) electrons. The van der Waals surface area contributed by atoms with Gasteiger partial charge in [-0.3, -0.25) is 4.79 Å². The van der Waals surface area contributed by atoms with Crippen LogP contribution in [0.5, 0.6) is 0 Å². The van der Waals surface area contributed by atoms with Gasteiger partial charge in [-0.05, 0) is 42.1 Å². The zero-order valence-corrected chi connectivity index (χ0v) is 15.8. The Hall–Kier alpha value is -1.39. The lowest BCUT2D eigenvalue weighted by atomic mass is 9.63. The first kappa shape index (κ1) is 19.9. The van der Waals surface area contributed by atoms with Crippen molar-refractivity contribution in [3.8, 4) is 0 Å². The van der Waals surface area contributed by atoms with Crippen LogP contribution in [0, 0.1) is 29.6 Å². The predicted octanol–water partition coefficient (Wildman–Crippen LogP) is 3.69. The molecule has 0 heterocycles. The molecule has 2 rings (SSSR count). The second kappa shape index (κ2) is 9.35. The molecule has 140 valence electrons. The number of rotatable bonds is 8. The van der Waals surface area contributed by atoms with Gasteiger partial charge in [-0.15, -0.1) is 0 Å². The normalized spacial score (nSPS) is 26.4. The summed E-state index contributed by atoms with van der Waals surface area (Å²) in [6.45, 7) is 7.85. The van der Waals surface area contributed by atoms with Crippen LogP contribution in [0.1, 0.15) is 51.6 Å². The van der Waals surface area contributed by atoms with Gasteiger partial charge >= 0.3 is 5.97 Å². The molecule has 4 N–H and O–H groups in total. The highest BCUT2D eigenvalue weighted by Gasteiger charge is 2.43. The molecule has 0 saturated heterocycles. The Morgan fingerprint density at radius 3 is 2.48 bits per heavy atom. The zero-order valence-electron chi connectivity index (χ0n) is 15.8. The Morgan fingerprint density at radius 1 is 1.24 bits per heavy atom. The number of carbonyl (C=O) groups is 1. The third-order valence-electron chi connectivity index (χ3n) is 5.85. The molecule has 1 aliphatic rings. The summed E-state index contributed by atoms with van der Waals surface area (Å²) in [6, 6.07) is 9.79. The molecule has 4 heteroatoms. The molecule has 1 fully saturated rings. The van der Waals surface area contributed by atoms with E-state index >= 15 is 0 Å². The standard InChI is InChI=1S/C21H34N2O2/c1-14(2)17-10-9-15(3)13-18(17)19(21(24)25)20(23-12-11-22)16-7-5-4-6-8-16/h4-8,14-15,17-20,23H,9-13,22H2,1-3H3,(H,24,25)/t15-,17?,18-,19+,20?/m1/s1. The maximum Gasteiger partial charge on any atom is 0.308 e. The van der Waals surface area contributed by atoms with E-state index in [1.165, 1.54) is 6.42 Å². The largest absolute Gasteiger partial charge is 0.481 e. The number of hydrogen-bond donors (Lipinski definition) is 3. The fraction of sp³-hybridized carbons (Fsp3) is 0.667. The molecule has 0 aromatic heterocycles. The molecule has 1 saturated carbocycles. The molecule has 0 bridgehead atoms. The summed E-state index contributed by atoms with van der Waals surface area (Å²) < 4.78 is 0. The molecule has 5 atom stereocenters. The van der Waals surface area contributed by atoms with Crippen molar-refractivity contribution in [2.24, 2.45) is 35.3 Å². The quantitative estimate of drug-likeness (QED) is 0.671. The molecule has 1 aromatic carbocycles. The number of benzene rings is 1. The topological polar surface area (TPSA) is 75.3 Å². The van der Waals surface area contributed by atoms with E-state index in [4.69, 9.17) is 5.73 Å². The Morgan fingerprint density at radius 2 is 1.92 bits per heavy atom. The van der Waals surface area contributed by atoms with E-state index in [1.54, 1.807) is 0 Å². The molecule has 25 heavy (non-hydrogen) atoms. The highest BCUT2D eigenvalue weighted by Crippen LogP contribution is 2.45. The van der Waals surface area contributed by atoms with Crippen LogP contribution >= 0.6 is 0 Å². The van der Waals surface area contributed by atoms with E-state index in [9.17, 15) is 9.90 Å². The fourth-order valence-corrected chi connectivity index (χ4v) is 4.61. The smallest absolute Gasteiger partial charge is 0.308 e. The molecule has 1 aromatic rings. The lowest BCUT2D eigenvalue weighted by Crippen LogP contribution is -2.44. The SMILES string of the molecule is CC(C)C1CC[C@@H](C)C[C@H]1[C@H](C(=O)O)C(NCCN)c1ccccc1. The predicted molar refractivity (Wildman–Crippen MR) is 102 cm³/mol. The highest BCUT2D eigenvalue weighted by atomic mass is 16.4. The van der Waals surface area contributed by atoms with Crippen molar-refractivity contribution in [2.45, 2.75) is 46.1 Å². The summed E-state index contributed by atoms with van der Waals surface area (Å²) in [5, 5.41) is 13.6. The van der Waals surface area contributed by atoms with E-state index < -0.39 is 11.9 Å². The number of carboxylic acid groups (broad SMARTS) is 1. The van der Waals surface area contributed by atoms with Crippen molar-refractivity contribution in [1.82, 2.24) is 5.32 Å². The Balaban J connectivity index is 2.38. The maximum atomic E-state index is 12.4. The van der Waals surface area contributed by atoms with E-state index in [-0.39, 0.29) is 12.0 Å². The van der Waals surface area contributed by atoms with Crippen LogP contribution in [0.4, 0.5) is 0 Å². The van der Waals surface area contributed by atoms with Crippen LogP contribution < -0.4 is 11.1 Å². The summed E-state index contributed by atoms with van der Waals surface area (Å²) in [7, 11) is 0. The van der Waals surface area contributed by atoms with Gasteiger partial charge in [-0.1, -0.05) is 57.5 Å². The Kier molecular flexibility index (Phi) is 7.45. The minimum atomic E-state index is -0.692. The van der Waals surface area contributed by atoms with Gasteiger partial charge in [0.05, 0.1) is 5.92 Å². The summed E-state index contributed by atoms with van der Waals surface area (Å²) in [4.78, 5) is 12.4. The van der Waals surface area contributed by atoms with E-state index in [1.807, 2.05) is 30.3 Å². The number of carboxylic acids is 1. The van der Waals surface area contributed by atoms with Gasteiger partial charge in [0.25, 0.3) is 0 Å². The fourth-order valence-electron chi connectivity index (χ4n) is 4.61. The molecule has 4 nitrogen and oxygen atoms in total. The summed E-state index contributed by atoms with van der Waals surface area (Å²) in [6.07, 6.45) is 3.33. The number of aliphatic carboxylic acids is 1. The van der Waals surface area contributed by atoms with Crippen molar-refractivity contribution >= 4 is 5.97 Å². The van der Waals surface area contributed by atoms with Crippen molar-refractivity contribution in [3.05, 3.63) is 35.9 Å². The van der Waals surface area contributed by atoms with Crippen molar-refractivity contribution in [1.29, 1.82) is 0 Å². The minimum absolute atomic E-state index is 0.191. The Labute approximate surface area is 152 Å². The van der Waals surface area contributed by atoms with Crippen LogP contribution in [0.15, 0.2) is 30.3 Å². The monoisotopic (exact) mass is 346 g/mol. The van der Waals surface area contributed by atoms with Crippen molar-refractivity contribution in [3.63, 3.8) is 0 Å². The van der Waals surface area contributed by atoms with Gasteiger partial charge < -0.3 is 16.2 Å². The minimum Gasteiger partial charge on any atom is -0.481 e. The third kappa shape index (κ3) is 5.05. The summed E-state index contributed by atoms with van der Waals surface area (Å²) >= 11 is 0. The average molecular weight is 347 g/mol. The van der Waals surface area contributed by atoms with Crippen molar-refractivity contribution in [2.75, 3.05) is 13.1 Å². The second-order valence-electron chi connectivity index (χ2n) is 7.99. The first-order chi connectivity index (χ1) is 12.0. The maximum absolute atomic E-state index is 12.4. The van der Waals surface area contributed by atoms with E-state index in [0.29, 0.717) is 30.8 Å². The molecule has 2 unspecified atom stereocenters. The van der Waals surface area contributed by atoms with Crippen LogP contribution in [-0.4, -0.2) is 24.2 Å². The number of hydrogen-bond acceptors (Lipinski definition) is 3. The van der Waals surface area contributed by atoms with E-state index in [2.05, 4.69) is 26.1 Å². The van der Waals surface area contributed by atoms with Gasteiger partial charge in [0.15, 0.2) is 0 Å².